The van der Waals surface area contributed by atoms with E-state index in [4.69, 9.17) is 5.73 Å². The second-order valence-electron chi connectivity index (χ2n) is 6.61. The number of rotatable bonds is 8. The number of hydrogen-bond donors (Lipinski definition) is 6. The molecule has 0 fully saturated rings. The predicted octanol–water partition coefficient (Wildman–Crippen LogP) is -2.24. The van der Waals surface area contributed by atoms with Crippen LogP contribution < -0.4 is 21.7 Å². The van der Waals surface area contributed by atoms with Gasteiger partial charge in [-0.2, -0.15) is 0 Å². The summed E-state index contributed by atoms with van der Waals surface area (Å²) in [7, 11) is 1.66. The van der Waals surface area contributed by atoms with Gasteiger partial charge in [0.15, 0.2) is 0 Å². The topological polar surface area (TPSA) is 154 Å². The Morgan fingerprint density at radius 1 is 1.32 bits per heavy atom. The minimum Gasteiger partial charge on any atom is -0.390 e. The molecule has 0 aromatic carbocycles. The summed E-state index contributed by atoms with van der Waals surface area (Å²) in [4.78, 5) is 35.1. The maximum atomic E-state index is 12.4. The van der Waals surface area contributed by atoms with E-state index < -0.39 is 36.1 Å². The molecule has 142 valence electrons. The Bertz CT molecular complexity index is 535. The van der Waals surface area contributed by atoms with Crippen LogP contribution in [0.4, 0.5) is 0 Å². The Morgan fingerprint density at radius 2 is 1.96 bits per heavy atom. The second-order valence-corrected chi connectivity index (χ2v) is 6.61. The molecule has 0 spiro atoms. The number of aliphatic hydroxyl groups excluding tert-OH is 2. The van der Waals surface area contributed by atoms with Gasteiger partial charge in [-0.15, -0.1) is 0 Å². The van der Waals surface area contributed by atoms with E-state index in [2.05, 4.69) is 16.0 Å². The van der Waals surface area contributed by atoms with Gasteiger partial charge in [0.25, 0.3) is 0 Å². The zero-order chi connectivity index (χ0) is 19.1. The van der Waals surface area contributed by atoms with E-state index in [-0.39, 0.29) is 30.4 Å². The molecule has 25 heavy (non-hydrogen) atoms. The first-order chi connectivity index (χ1) is 11.6. The molecule has 0 radical (unpaired) electrons. The van der Waals surface area contributed by atoms with Gasteiger partial charge < -0.3 is 31.9 Å². The number of aliphatic hydroxyl groups is 2. The largest absolute Gasteiger partial charge is 0.390 e. The molecule has 0 aromatic rings. The Balaban J connectivity index is 2.84. The summed E-state index contributed by atoms with van der Waals surface area (Å²) in [5.41, 5.74) is 5.15. The highest BCUT2D eigenvalue weighted by Gasteiger charge is 2.34. The molecule has 9 heteroatoms. The van der Waals surface area contributed by atoms with Crippen molar-refractivity contribution in [1.29, 1.82) is 0 Å². The Morgan fingerprint density at radius 3 is 2.48 bits per heavy atom. The smallest absolute Gasteiger partial charge is 0.247 e. The standard InChI is InChI=1S/C16H28N4O5/c1-8(2)4-11(18-3)16(25)20-10-5-9(6-12(21)14(10)23)15(24)19-7-13(17)22/h5,8,10-12,14,18,21,23H,4,6-7H2,1-3H3,(H2,17,22)(H,19,24)(H,20,25)/t10-,11+,12-,14-/m1/s1. The van der Waals surface area contributed by atoms with Crippen LogP contribution in [0.25, 0.3) is 0 Å². The van der Waals surface area contributed by atoms with Gasteiger partial charge in [0.05, 0.1) is 24.7 Å². The van der Waals surface area contributed by atoms with E-state index in [0.717, 1.165) is 0 Å². The van der Waals surface area contributed by atoms with Crippen molar-refractivity contribution in [3.05, 3.63) is 11.6 Å². The highest BCUT2D eigenvalue weighted by molar-refractivity contribution is 5.96. The van der Waals surface area contributed by atoms with Crippen molar-refractivity contribution in [2.24, 2.45) is 11.7 Å². The third-order valence-corrected chi connectivity index (χ3v) is 3.97. The minimum absolute atomic E-state index is 0.0837. The first-order valence-corrected chi connectivity index (χ1v) is 8.26. The normalized spacial score (nSPS) is 24.4. The van der Waals surface area contributed by atoms with E-state index in [1.807, 2.05) is 13.8 Å². The molecule has 0 saturated carbocycles. The Hall–Kier alpha value is -1.97. The maximum Gasteiger partial charge on any atom is 0.247 e. The zero-order valence-corrected chi connectivity index (χ0v) is 14.8. The fourth-order valence-electron chi connectivity index (χ4n) is 2.64. The maximum absolute atomic E-state index is 12.4. The molecule has 0 heterocycles. The van der Waals surface area contributed by atoms with Gasteiger partial charge >= 0.3 is 0 Å². The number of carbonyl (C=O) groups excluding carboxylic acids is 3. The van der Waals surface area contributed by atoms with Gasteiger partial charge in [0.1, 0.15) is 6.10 Å². The number of hydrogen-bond acceptors (Lipinski definition) is 6. The fourth-order valence-corrected chi connectivity index (χ4v) is 2.64. The van der Waals surface area contributed by atoms with Crippen LogP contribution in [0.5, 0.6) is 0 Å². The lowest BCUT2D eigenvalue weighted by molar-refractivity contribution is -0.126. The zero-order valence-electron chi connectivity index (χ0n) is 14.8. The lowest BCUT2D eigenvalue weighted by atomic mass is 9.89. The molecule has 0 unspecified atom stereocenters. The van der Waals surface area contributed by atoms with E-state index >= 15 is 0 Å². The molecule has 7 N–H and O–H groups in total. The Labute approximate surface area is 147 Å². The lowest BCUT2D eigenvalue weighted by Crippen LogP contribution is -2.55. The van der Waals surface area contributed by atoms with Gasteiger partial charge in [-0.1, -0.05) is 19.9 Å². The van der Waals surface area contributed by atoms with Gasteiger partial charge in [-0.25, -0.2) is 0 Å². The molecule has 0 aliphatic heterocycles. The summed E-state index contributed by atoms with van der Waals surface area (Å²) in [5, 5.41) is 27.9. The molecule has 1 rings (SSSR count). The highest BCUT2D eigenvalue weighted by atomic mass is 16.3. The summed E-state index contributed by atoms with van der Waals surface area (Å²) in [5.74, 6) is -1.31. The molecule has 9 nitrogen and oxygen atoms in total. The molecule has 0 aromatic heterocycles. The predicted molar refractivity (Wildman–Crippen MR) is 91.2 cm³/mol. The molecular formula is C16H28N4O5. The van der Waals surface area contributed by atoms with Crippen molar-refractivity contribution in [3.8, 4) is 0 Å². The van der Waals surface area contributed by atoms with Crippen LogP contribution in [0.3, 0.4) is 0 Å². The third-order valence-electron chi connectivity index (χ3n) is 3.97. The monoisotopic (exact) mass is 356 g/mol. The van der Waals surface area contributed by atoms with E-state index in [0.29, 0.717) is 6.42 Å². The third kappa shape index (κ3) is 6.45. The molecule has 0 bridgehead atoms. The number of likely N-dealkylation sites (N-methyl/N-ethyl adjacent to an activating group) is 1. The van der Waals surface area contributed by atoms with Crippen molar-refractivity contribution in [3.63, 3.8) is 0 Å². The summed E-state index contributed by atoms with van der Waals surface area (Å²) in [6, 6.07) is -1.36. The van der Waals surface area contributed by atoms with Crippen molar-refractivity contribution in [2.45, 2.75) is 51.0 Å². The van der Waals surface area contributed by atoms with Gasteiger partial charge in [-0.3, -0.25) is 14.4 Å². The van der Waals surface area contributed by atoms with Gasteiger partial charge in [-0.05, 0) is 19.4 Å². The highest BCUT2D eigenvalue weighted by Crippen LogP contribution is 2.20. The summed E-state index contributed by atoms with van der Waals surface area (Å²) >= 11 is 0. The van der Waals surface area contributed by atoms with Crippen LogP contribution in [0.1, 0.15) is 26.7 Å². The number of nitrogens with two attached hydrogens (primary N) is 1. The van der Waals surface area contributed by atoms with Crippen LogP contribution in [-0.2, 0) is 14.4 Å². The van der Waals surface area contributed by atoms with Crippen molar-refractivity contribution < 1.29 is 24.6 Å². The quantitative estimate of drug-likeness (QED) is 0.289. The SMILES string of the molecule is CN[C@@H](CC(C)C)C(=O)N[C@@H]1C=C(C(=O)NCC(N)=O)C[C@@H](O)[C@@H]1O. The molecule has 0 saturated heterocycles. The average molecular weight is 356 g/mol. The first-order valence-electron chi connectivity index (χ1n) is 8.26. The van der Waals surface area contributed by atoms with Gasteiger partial charge in [0, 0.05) is 12.0 Å². The van der Waals surface area contributed by atoms with E-state index in [9.17, 15) is 24.6 Å². The van der Waals surface area contributed by atoms with Crippen molar-refractivity contribution in [1.82, 2.24) is 16.0 Å². The van der Waals surface area contributed by atoms with Crippen molar-refractivity contribution in [2.75, 3.05) is 13.6 Å². The minimum atomic E-state index is -1.23. The second kappa shape index (κ2) is 9.50. The fraction of sp³-hybridized carbons (Fsp3) is 0.688. The summed E-state index contributed by atoms with van der Waals surface area (Å²) < 4.78 is 0. The first kappa shape index (κ1) is 21.1. The summed E-state index contributed by atoms with van der Waals surface area (Å²) in [6.07, 6.45) is -0.521. The van der Waals surface area contributed by atoms with Crippen molar-refractivity contribution >= 4 is 17.7 Å². The van der Waals surface area contributed by atoms with Crippen LogP contribution in [0, 0.1) is 5.92 Å². The van der Waals surface area contributed by atoms with E-state index in [1.54, 1.807) is 7.05 Å². The summed E-state index contributed by atoms with van der Waals surface area (Å²) in [6.45, 7) is 3.64. The number of amides is 3. The number of carbonyl (C=O) groups is 3. The molecule has 1 aliphatic carbocycles. The van der Waals surface area contributed by atoms with Crippen LogP contribution in [0.2, 0.25) is 0 Å². The van der Waals surface area contributed by atoms with Crippen LogP contribution in [0.15, 0.2) is 11.6 Å². The number of nitrogens with one attached hydrogen (secondary N) is 3. The van der Waals surface area contributed by atoms with Gasteiger partial charge in [0.2, 0.25) is 17.7 Å². The van der Waals surface area contributed by atoms with E-state index in [1.165, 1.54) is 6.08 Å². The molecular weight excluding hydrogens is 328 g/mol. The number of primary amides is 1. The molecule has 3 amide bonds. The molecule has 1 aliphatic rings. The Kier molecular flexibility index (Phi) is 8.01. The molecule has 4 atom stereocenters. The average Bonchev–Trinajstić information content (AvgIpc) is 2.53. The van der Waals surface area contributed by atoms with Crippen LogP contribution >= 0.6 is 0 Å². The lowest BCUT2D eigenvalue weighted by Gasteiger charge is -2.32. The van der Waals surface area contributed by atoms with Crippen LogP contribution in [-0.4, -0.2) is 65.8 Å².